The van der Waals surface area contributed by atoms with Gasteiger partial charge in [-0.05, 0) is 18.2 Å². The first-order valence-electron chi connectivity index (χ1n) is 5.67. The number of rotatable bonds is 2. The molecule has 0 saturated carbocycles. The number of benzene rings is 1. The minimum absolute atomic E-state index is 0.00219. The zero-order valence-electron chi connectivity index (χ0n) is 9.91. The van der Waals surface area contributed by atoms with Crippen molar-refractivity contribution in [3.63, 3.8) is 0 Å². The molecular formula is C12H13ClN2O4. The van der Waals surface area contributed by atoms with Gasteiger partial charge in [-0.3, -0.25) is 4.79 Å². The van der Waals surface area contributed by atoms with Gasteiger partial charge >= 0.3 is 5.97 Å². The van der Waals surface area contributed by atoms with Gasteiger partial charge in [-0.2, -0.15) is 0 Å². The van der Waals surface area contributed by atoms with Crippen molar-refractivity contribution in [2.45, 2.75) is 18.6 Å². The predicted molar refractivity (Wildman–Crippen MR) is 68.9 cm³/mol. The number of halogens is 1. The van der Waals surface area contributed by atoms with E-state index in [-0.39, 0.29) is 23.6 Å². The topological polar surface area (TPSA) is 104 Å². The lowest BCUT2D eigenvalue weighted by atomic mass is 10.1. The average molecular weight is 285 g/mol. The molecule has 1 heterocycles. The maximum absolute atomic E-state index is 12.2. The van der Waals surface area contributed by atoms with Crippen molar-refractivity contribution in [2.24, 2.45) is 0 Å². The fourth-order valence-electron chi connectivity index (χ4n) is 2.10. The number of aliphatic carboxylic acids is 1. The molecular weight excluding hydrogens is 272 g/mol. The van der Waals surface area contributed by atoms with Crippen LogP contribution in [0.2, 0.25) is 5.02 Å². The van der Waals surface area contributed by atoms with Crippen LogP contribution in [-0.4, -0.2) is 45.7 Å². The van der Waals surface area contributed by atoms with Crippen LogP contribution < -0.4 is 5.73 Å². The van der Waals surface area contributed by atoms with E-state index in [0.717, 1.165) is 4.90 Å². The number of nitrogens with zero attached hydrogens (tertiary/aromatic N) is 1. The number of aliphatic hydroxyl groups is 1. The number of carbonyl (C=O) groups is 2. The minimum Gasteiger partial charge on any atom is -0.480 e. The van der Waals surface area contributed by atoms with Crippen LogP contribution in [0.4, 0.5) is 5.69 Å². The SMILES string of the molecule is Nc1ccc(C(=O)N2C[C@H](O)C[C@H]2C(=O)O)cc1Cl. The van der Waals surface area contributed by atoms with Crippen LogP contribution >= 0.6 is 11.6 Å². The van der Waals surface area contributed by atoms with Crippen molar-refractivity contribution < 1.29 is 19.8 Å². The molecule has 2 atom stereocenters. The minimum atomic E-state index is -1.13. The highest BCUT2D eigenvalue weighted by Crippen LogP contribution is 2.24. The molecule has 0 unspecified atom stereocenters. The quantitative estimate of drug-likeness (QED) is 0.689. The monoisotopic (exact) mass is 284 g/mol. The van der Waals surface area contributed by atoms with Gasteiger partial charge in [-0.25, -0.2) is 4.79 Å². The first-order chi connectivity index (χ1) is 8.90. The Morgan fingerprint density at radius 1 is 1.42 bits per heavy atom. The smallest absolute Gasteiger partial charge is 0.326 e. The van der Waals surface area contributed by atoms with Gasteiger partial charge in [0.05, 0.1) is 16.8 Å². The Kier molecular flexibility index (Phi) is 3.64. The third kappa shape index (κ3) is 2.64. The van der Waals surface area contributed by atoms with Crippen molar-refractivity contribution >= 4 is 29.2 Å². The highest BCUT2D eigenvalue weighted by Gasteiger charge is 2.39. The Balaban J connectivity index is 2.27. The van der Waals surface area contributed by atoms with E-state index in [1.54, 1.807) is 0 Å². The summed E-state index contributed by atoms with van der Waals surface area (Å²) in [5.74, 6) is -1.61. The van der Waals surface area contributed by atoms with Crippen LogP contribution in [0.3, 0.4) is 0 Å². The number of hydrogen-bond donors (Lipinski definition) is 3. The second kappa shape index (κ2) is 5.07. The van der Waals surface area contributed by atoms with Crippen molar-refractivity contribution in [1.29, 1.82) is 0 Å². The first kappa shape index (κ1) is 13.6. The van der Waals surface area contributed by atoms with Crippen molar-refractivity contribution in [3.8, 4) is 0 Å². The average Bonchev–Trinajstić information content (AvgIpc) is 2.74. The van der Waals surface area contributed by atoms with Crippen LogP contribution in [0.1, 0.15) is 16.8 Å². The molecule has 7 heteroatoms. The van der Waals surface area contributed by atoms with E-state index in [0.29, 0.717) is 5.69 Å². The van der Waals surface area contributed by atoms with Crippen molar-refractivity contribution in [3.05, 3.63) is 28.8 Å². The van der Waals surface area contributed by atoms with Crippen LogP contribution in [0.25, 0.3) is 0 Å². The van der Waals surface area contributed by atoms with E-state index in [9.17, 15) is 14.7 Å². The second-order valence-electron chi connectivity index (χ2n) is 4.44. The number of carboxylic acid groups (broad SMARTS) is 1. The number of hydrogen-bond acceptors (Lipinski definition) is 4. The Hall–Kier alpha value is -1.79. The maximum atomic E-state index is 12.2. The number of anilines is 1. The summed E-state index contributed by atoms with van der Waals surface area (Å²) in [4.78, 5) is 24.4. The summed E-state index contributed by atoms with van der Waals surface area (Å²) < 4.78 is 0. The highest BCUT2D eigenvalue weighted by molar-refractivity contribution is 6.33. The standard InChI is InChI=1S/C12H13ClN2O4/c13-8-3-6(1-2-9(8)14)11(17)15-5-7(16)4-10(15)12(18)19/h1-3,7,10,16H,4-5,14H2,(H,18,19)/t7-,10+/m1/s1. The molecule has 0 bridgehead atoms. The van der Waals surface area contributed by atoms with Gasteiger partial charge < -0.3 is 20.8 Å². The number of amides is 1. The summed E-state index contributed by atoms with van der Waals surface area (Å²) >= 11 is 5.83. The number of β-amino-alcohol motifs (C(OH)–C–C–N with tert-alkyl or cyclic N) is 1. The van der Waals surface area contributed by atoms with Gasteiger partial charge in [0.15, 0.2) is 0 Å². The summed E-state index contributed by atoms with van der Waals surface area (Å²) in [6.07, 6.45) is -0.793. The van der Waals surface area contributed by atoms with E-state index in [4.69, 9.17) is 22.4 Å². The number of carbonyl (C=O) groups excluding carboxylic acids is 1. The van der Waals surface area contributed by atoms with Crippen LogP contribution in [-0.2, 0) is 4.79 Å². The normalized spacial score (nSPS) is 22.5. The molecule has 0 aromatic heterocycles. The molecule has 0 spiro atoms. The van der Waals surface area contributed by atoms with Gasteiger partial charge in [0.1, 0.15) is 6.04 Å². The molecule has 1 saturated heterocycles. The van der Waals surface area contributed by atoms with Gasteiger partial charge in [0.2, 0.25) is 0 Å². The number of nitrogens with two attached hydrogens (primary N) is 1. The van der Waals surface area contributed by atoms with E-state index in [2.05, 4.69) is 0 Å². The molecule has 1 aromatic carbocycles. The summed E-state index contributed by atoms with van der Waals surface area (Å²) in [5, 5.41) is 18.8. The Bertz CT molecular complexity index is 534. The molecule has 1 amide bonds. The summed E-state index contributed by atoms with van der Waals surface area (Å²) in [7, 11) is 0. The molecule has 4 N–H and O–H groups in total. The molecule has 1 fully saturated rings. The summed E-state index contributed by atoms with van der Waals surface area (Å²) in [5.41, 5.74) is 6.14. The molecule has 0 aliphatic carbocycles. The molecule has 0 radical (unpaired) electrons. The largest absolute Gasteiger partial charge is 0.480 e. The Morgan fingerprint density at radius 2 is 2.11 bits per heavy atom. The first-order valence-corrected chi connectivity index (χ1v) is 6.05. The molecule has 1 aliphatic heterocycles. The number of likely N-dealkylation sites (tertiary alicyclic amines) is 1. The number of nitrogen functional groups attached to an aromatic ring is 1. The van der Waals surface area contributed by atoms with Crippen LogP contribution in [0.5, 0.6) is 0 Å². The third-order valence-corrected chi connectivity index (χ3v) is 3.40. The molecule has 19 heavy (non-hydrogen) atoms. The lowest BCUT2D eigenvalue weighted by Crippen LogP contribution is -2.40. The van der Waals surface area contributed by atoms with Gasteiger partial charge in [-0.1, -0.05) is 11.6 Å². The molecule has 102 valence electrons. The number of carboxylic acids is 1. The van der Waals surface area contributed by atoms with Gasteiger partial charge in [0, 0.05) is 18.5 Å². The van der Waals surface area contributed by atoms with Crippen molar-refractivity contribution in [2.75, 3.05) is 12.3 Å². The molecule has 6 nitrogen and oxygen atoms in total. The van der Waals surface area contributed by atoms with E-state index < -0.39 is 24.0 Å². The predicted octanol–water partition coefficient (Wildman–Crippen LogP) is 0.582. The Morgan fingerprint density at radius 3 is 2.68 bits per heavy atom. The summed E-state index contributed by atoms with van der Waals surface area (Å²) in [6, 6.07) is 3.34. The van der Waals surface area contributed by atoms with E-state index in [1.807, 2.05) is 0 Å². The lowest BCUT2D eigenvalue weighted by molar-refractivity contribution is -0.141. The zero-order chi connectivity index (χ0) is 14.2. The fraction of sp³-hybridized carbons (Fsp3) is 0.333. The lowest BCUT2D eigenvalue weighted by Gasteiger charge is -2.21. The third-order valence-electron chi connectivity index (χ3n) is 3.07. The van der Waals surface area contributed by atoms with E-state index >= 15 is 0 Å². The molecule has 2 rings (SSSR count). The fourth-order valence-corrected chi connectivity index (χ4v) is 2.28. The van der Waals surface area contributed by atoms with Crippen LogP contribution in [0, 0.1) is 0 Å². The van der Waals surface area contributed by atoms with E-state index in [1.165, 1.54) is 18.2 Å². The Labute approximate surface area is 114 Å². The maximum Gasteiger partial charge on any atom is 0.326 e. The summed E-state index contributed by atoms with van der Waals surface area (Å²) in [6.45, 7) is -0.00219. The van der Waals surface area contributed by atoms with Crippen LogP contribution in [0.15, 0.2) is 18.2 Å². The molecule has 1 aromatic rings. The molecule has 1 aliphatic rings. The number of aliphatic hydroxyl groups excluding tert-OH is 1. The van der Waals surface area contributed by atoms with Gasteiger partial charge in [0.25, 0.3) is 5.91 Å². The zero-order valence-corrected chi connectivity index (χ0v) is 10.7. The van der Waals surface area contributed by atoms with Crippen molar-refractivity contribution in [1.82, 2.24) is 4.90 Å². The second-order valence-corrected chi connectivity index (χ2v) is 4.84. The highest BCUT2D eigenvalue weighted by atomic mass is 35.5. The van der Waals surface area contributed by atoms with Gasteiger partial charge in [-0.15, -0.1) is 0 Å².